The number of benzene rings is 1. The lowest BCUT2D eigenvalue weighted by Gasteiger charge is -2.07. The topological polar surface area (TPSA) is 56.0 Å². The quantitative estimate of drug-likeness (QED) is 0.832. The molecule has 1 aromatic carbocycles. The molecule has 88 valence electrons. The molecule has 0 aliphatic carbocycles. The number of hydrogen-bond acceptors (Lipinski definition) is 3. The largest absolute Gasteiger partial charge is 0.398 e. The lowest BCUT2D eigenvalue weighted by molar-refractivity contribution is 0.103. The van der Waals surface area contributed by atoms with Gasteiger partial charge in [0.15, 0.2) is 5.78 Å². The molecule has 2 aromatic rings. The Morgan fingerprint density at radius 2 is 1.82 bits per heavy atom. The van der Waals surface area contributed by atoms with Crippen molar-refractivity contribution in [3.8, 4) is 0 Å². The highest BCUT2D eigenvalue weighted by Crippen LogP contribution is 2.18. The highest BCUT2D eigenvalue weighted by atomic mass is 35.5. The maximum absolute atomic E-state index is 12.2. The van der Waals surface area contributed by atoms with Crippen LogP contribution in [0.3, 0.4) is 0 Å². The predicted octanol–water partition coefficient (Wildman–Crippen LogP) is 2.63. The van der Waals surface area contributed by atoms with Gasteiger partial charge in [-0.15, -0.1) is 12.4 Å². The number of nitrogen functional groups attached to an aromatic ring is 1. The van der Waals surface area contributed by atoms with Crippen LogP contribution in [0.4, 0.5) is 5.69 Å². The van der Waals surface area contributed by atoms with Crippen LogP contribution in [-0.4, -0.2) is 10.8 Å². The van der Waals surface area contributed by atoms with Crippen molar-refractivity contribution < 1.29 is 4.79 Å². The van der Waals surface area contributed by atoms with Gasteiger partial charge in [-0.25, -0.2) is 0 Å². The van der Waals surface area contributed by atoms with Gasteiger partial charge in [0.25, 0.3) is 0 Å². The number of pyridine rings is 1. The van der Waals surface area contributed by atoms with Crippen molar-refractivity contribution in [3.63, 3.8) is 0 Å². The van der Waals surface area contributed by atoms with E-state index in [1.165, 1.54) is 0 Å². The zero-order valence-corrected chi connectivity index (χ0v) is 10.2. The number of nitrogens with two attached hydrogens (primary N) is 1. The molecule has 1 aromatic heterocycles. The number of ketones is 1. The molecule has 4 heteroatoms. The van der Waals surface area contributed by atoms with Crippen molar-refractivity contribution in [1.29, 1.82) is 0 Å². The first-order chi connectivity index (χ1) is 7.70. The van der Waals surface area contributed by atoms with Gasteiger partial charge >= 0.3 is 0 Å². The van der Waals surface area contributed by atoms with Crippen molar-refractivity contribution in [2.75, 3.05) is 5.73 Å². The van der Waals surface area contributed by atoms with Gasteiger partial charge in [0.2, 0.25) is 0 Å². The van der Waals surface area contributed by atoms with E-state index in [0.29, 0.717) is 22.5 Å². The van der Waals surface area contributed by atoms with E-state index in [0.717, 1.165) is 0 Å². The number of anilines is 1. The Kier molecular flexibility index (Phi) is 4.24. The summed E-state index contributed by atoms with van der Waals surface area (Å²) in [6.45, 7) is 1.78. The summed E-state index contributed by atoms with van der Waals surface area (Å²) < 4.78 is 0. The monoisotopic (exact) mass is 248 g/mol. The molecule has 0 radical (unpaired) electrons. The van der Waals surface area contributed by atoms with E-state index in [2.05, 4.69) is 4.98 Å². The number of nitrogens with zero attached hydrogens (tertiary/aromatic N) is 1. The molecule has 0 aliphatic rings. The predicted molar refractivity (Wildman–Crippen MR) is 70.5 cm³/mol. The van der Waals surface area contributed by atoms with E-state index in [4.69, 9.17) is 5.73 Å². The number of carbonyl (C=O) groups excluding carboxylic acids is 1. The summed E-state index contributed by atoms with van der Waals surface area (Å²) in [6.07, 6.45) is 1.60. The highest BCUT2D eigenvalue weighted by molar-refractivity contribution is 6.12. The lowest BCUT2D eigenvalue weighted by atomic mass is 10.0. The van der Waals surface area contributed by atoms with Crippen molar-refractivity contribution in [2.45, 2.75) is 6.92 Å². The summed E-state index contributed by atoms with van der Waals surface area (Å²) in [5.74, 6) is -0.0799. The average Bonchev–Trinajstić information content (AvgIpc) is 2.30. The molecular weight excluding hydrogens is 236 g/mol. The minimum atomic E-state index is -0.0799. The molecule has 17 heavy (non-hydrogen) atoms. The van der Waals surface area contributed by atoms with Crippen LogP contribution in [0.2, 0.25) is 0 Å². The van der Waals surface area contributed by atoms with Crippen LogP contribution in [0.25, 0.3) is 0 Å². The first-order valence-electron chi connectivity index (χ1n) is 5.01. The van der Waals surface area contributed by atoms with E-state index in [9.17, 15) is 4.79 Å². The minimum Gasteiger partial charge on any atom is -0.398 e. The summed E-state index contributed by atoms with van der Waals surface area (Å²) in [5.41, 5.74) is 8.06. The summed E-state index contributed by atoms with van der Waals surface area (Å²) in [6, 6.07) is 10.7. The fourth-order valence-corrected chi connectivity index (χ4v) is 1.62. The van der Waals surface area contributed by atoms with E-state index in [-0.39, 0.29) is 18.2 Å². The van der Waals surface area contributed by atoms with Crippen molar-refractivity contribution in [2.24, 2.45) is 0 Å². The molecule has 2 N–H and O–H groups in total. The number of hydrogen-bond donors (Lipinski definition) is 1. The standard InChI is InChI=1S/C13H12N2O.ClH/c1-9-12(11(14)7-8-15-9)13(16)10-5-3-2-4-6-10;/h2-8H,1H3,(H2,14,15);1H. The number of aryl methyl sites for hydroxylation is 1. The second-order valence-corrected chi connectivity index (χ2v) is 3.56. The van der Waals surface area contributed by atoms with Crippen LogP contribution in [0.5, 0.6) is 0 Å². The Morgan fingerprint density at radius 1 is 1.18 bits per heavy atom. The molecule has 0 atom stereocenters. The van der Waals surface area contributed by atoms with Crippen LogP contribution < -0.4 is 5.73 Å². The molecule has 1 heterocycles. The van der Waals surface area contributed by atoms with E-state index < -0.39 is 0 Å². The maximum Gasteiger partial charge on any atom is 0.196 e. The van der Waals surface area contributed by atoms with Gasteiger partial charge in [0.05, 0.1) is 11.3 Å². The highest BCUT2D eigenvalue weighted by Gasteiger charge is 2.14. The van der Waals surface area contributed by atoms with Gasteiger partial charge in [0, 0.05) is 17.4 Å². The molecule has 2 rings (SSSR count). The van der Waals surface area contributed by atoms with E-state index in [1.54, 1.807) is 31.3 Å². The molecule has 0 spiro atoms. The molecule has 0 bridgehead atoms. The summed E-state index contributed by atoms with van der Waals surface area (Å²) >= 11 is 0. The van der Waals surface area contributed by atoms with Gasteiger partial charge < -0.3 is 5.73 Å². The fourth-order valence-electron chi connectivity index (χ4n) is 1.62. The second kappa shape index (κ2) is 5.46. The van der Waals surface area contributed by atoms with E-state index >= 15 is 0 Å². The van der Waals surface area contributed by atoms with Gasteiger partial charge in [-0.1, -0.05) is 30.3 Å². The molecule has 0 unspecified atom stereocenters. The SMILES string of the molecule is Cc1nccc(N)c1C(=O)c1ccccc1.Cl. The zero-order chi connectivity index (χ0) is 11.5. The van der Waals surface area contributed by atoms with Gasteiger partial charge in [-0.05, 0) is 13.0 Å². The molecule has 0 saturated carbocycles. The number of halogens is 1. The first-order valence-corrected chi connectivity index (χ1v) is 5.01. The van der Waals surface area contributed by atoms with Crippen molar-refractivity contribution >= 4 is 23.9 Å². The number of carbonyl (C=O) groups is 1. The van der Waals surface area contributed by atoms with Crippen LogP contribution in [0.1, 0.15) is 21.6 Å². The van der Waals surface area contributed by atoms with Gasteiger partial charge in [0.1, 0.15) is 0 Å². The Labute approximate surface area is 106 Å². The van der Waals surface area contributed by atoms with Crippen molar-refractivity contribution in [3.05, 3.63) is 59.4 Å². The zero-order valence-electron chi connectivity index (χ0n) is 9.38. The molecular formula is C13H13ClN2O. The molecule has 0 saturated heterocycles. The summed E-state index contributed by atoms with van der Waals surface area (Å²) in [5, 5.41) is 0. The van der Waals surface area contributed by atoms with Crippen molar-refractivity contribution in [1.82, 2.24) is 4.98 Å². The van der Waals surface area contributed by atoms with Gasteiger partial charge in [-0.2, -0.15) is 0 Å². The fraction of sp³-hybridized carbons (Fsp3) is 0.0769. The molecule has 0 amide bonds. The Hall–Kier alpha value is -1.87. The van der Waals surface area contributed by atoms with Crippen LogP contribution >= 0.6 is 12.4 Å². The minimum absolute atomic E-state index is 0. The number of rotatable bonds is 2. The smallest absolute Gasteiger partial charge is 0.196 e. The number of aromatic nitrogens is 1. The Morgan fingerprint density at radius 3 is 2.41 bits per heavy atom. The summed E-state index contributed by atoms with van der Waals surface area (Å²) in [7, 11) is 0. The van der Waals surface area contributed by atoms with E-state index in [1.807, 2.05) is 18.2 Å². The maximum atomic E-state index is 12.2. The second-order valence-electron chi connectivity index (χ2n) is 3.56. The molecule has 0 fully saturated rings. The van der Waals surface area contributed by atoms with Crippen LogP contribution in [0.15, 0.2) is 42.6 Å². The lowest BCUT2D eigenvalue weighted by Crippen LogP contribution is -2.08. The molecule has 0 aliphatic heterocycles. The normalized spacial score (nSPS) is 9.47. The third-order valence-corrected chi connectivity index (χ3v) is 2.44. The third kappa shape index (κ3) is 2.63. The Bertz CT molecular complexity index is 506. The summed E-state index contributed by atoms with van der Waals surface area (Å²) in [4.78, 5) is 16.3. The Balaban J connectivity index is 0.00000144. The third-order valence-electron chi connectivity index (χ3n) is 2.44. The van der Waals surface area contributed by atoms with Gasteiger partial charge in [-0.3, -0.25) is 9.78 Å². The van der Waals surface area contributed by atoms with Crippen LogP contribution in [0, 0.1) is 6.92 Å². The van der Waals surface area contributed by atoms with Crippen LogP contribution in [-0.2, 0) is 0 Å². The average molecular weight is 249 g/mol. The first kappa shape index (κ1) is 13.2. The molecule has 3 nitrogen and oxygen atoms in total.